The number of carbonyl (C=O) groups is 2. The van der Waals surface area contributed by atoms with Crippen LogP contribution in [0.4, 0.5) is 0 Å². The van der Waals surface area contributed by atoms with Crippen LogP contribution in [-0.2, 0) is 0 Å². The van der Waals surface area contributed by atoms with Gasteiger partial charge in [-0.05, 0) is 60.7 Å². The standard InChI is InChI=1S/C24H19ClO5/c1-28-19-12-14-23(29-2)20(15-19)21(26)13-9-16-5-3-4-6-22(16)30-24(27)17-7-10-18(25)11-8-17/h3-15H,1-2H3/b13-9+. The molecule has 0 saturated heterocycles. The summed E-state index contributed by atoms with van der Waals surface area (Å²) >= 11 is 5.85. The highest BCUT2D eigenvalue weighted by Gasteiger charge is 2.13. The summed E-state index contributed by atoms with van der Waals surface area (Å²) in [4.78, 5) is 25.1. The van der Waals surface area contributed by atoms with Crippen LogP contribution >= 0.6 is 11.6 Å². The van der Waals surface area contributed by atoms with E-state index in [2.05, 4.69) is 0 Å². The molecule has 0 bridgehead atoms. The Bertz CT molecular complexity index is 1090. The Hall–Kier alpha value is -3.57. The molecule has 6 heteroatoms. The number of rotatable bonds is 7. The first-order chi connectivity index (χ1) is 14.5. The largest absolute Gasteiger partial charge is 0.497 e. The maximum absolute atomic E-state index is 12.7. The van der Waals surface area contributed by atoms with Crippen molar-refractivity contribution in [2.45, 2.75) is 0 Å². The van der Waals surface area contributed by atoms with E-state index in [4.69, 9.17) is 25.8 Å². The Morgan fingerprint density at radius 3 is 2.30 bits per heavy atom. The van der Waals surface area contributed by atoms with Crippen LogP contribution in [0.2, 0.25) is 5.02 Å². The minimum absolute atomic E-state index is 0.274. The van der Waals surface area contributed by atoms with Gasteiger partial charge in [-0.2, -0.15) is 0 Å². The van der Waals surface area contributed by atoms with Gasteiger partial charge in [-0.3, -0.25) is 4.79 Å². The van der Waals surface area contributed by atoms with Gasteiger partial charge in [0.15, 0.2) is 5.78 Å². The Morgan fingerprint density at radius 2 is 1.60 bits per heavy atom. The number of ether oxygens (including phenoxy) is 3. The quantitative estimate of drug-likeness (QED) is 0.218. The van der Waals surface area contributed by atoms with E-state index < -0.39 is 5.97 Å². The molecule has 0 aliphatic heterocycles. The molecule has 3 rings (SSSR count). The van der Waals surface area contributed by atoms with Crippen molar-refractivity contribution >= 4 is 29.4 Å². The van der Waals surface area contributed by atoms with Crippen molar-refractivity contribution in [3.8, 4) is 17.2 Å². The van der Waals surface area contributed by atoms with Crippen LogP contribution < -0.4 is 14.2 Å². The molecule has 3 aromatic carbocycles. The lowest BCUT2D eigenvalue weighted by Crippen LogP contribution is -2.09. The summed E-state index contributed by atoms with van der Waals surface area (Å²) < 4.78 is 15.9. The summed E-state index contributed by atoms with van der Waals surface area (Å²) in [5, 5.41) is 0.529. The van der Waals surface area contributed by atoms with Crippen LogP contribution in [0.5, 0.6) is 17.2 Å². The van der Waals surface area contributed by atoms with E-state index in [1.54, 1.807) is 72.8 Å². The van der Waals surface area contributed by atoms with Crippen molar-refractivity contribution in [1.82, 2.24) is 0 Å². The molecular weight excluding hydrogens is 404 g/mol. The number of hydrogen-bond acceptors (Lipinski definition) is 5. The second-order valence-electron chi connectivity index (χ2n) is 6.20. The van der Waals surface area contributed by atoms with E-state index in [0.29, 0.717) is 39.0 Å². The van der Waals surface area contributed by atoms with Crippen molar-refractivity contribution in [3.05, 3.63) is 94.5 Å². The predicted molar refractivity (Wildman–Crippen MR) is 116 cm³/mol. The molecule has 30 heavy (non-hydrogen) atoms. The van der Waals surface area contributed by atoms with Crippen molar-refractivity contribution < 1.29 is 23.8 Å². The number of para-hydroxylation sites is 1. The second kappa shape index (κ2) is 9.76. The minimum Gasteiger partial charge on any atom is -0.497 e. The van der Waals surface area contributed by atoms with Gasteiger partial charge in [0.1, 0.15) is 17.2 Å². The normalized spacial score (nSPS) is 10.6. The highest BCUT2D eigenvalue weighted by molar-refractivity contribution is 6.30. The van der Waals surface area contributed by atoms with E-state index in [0.717, 1.165) is 0 Å². The number of carbonyl (C=O) groups excluding carboxylic acids is 2. The smallest absolute Gasteiger partial charge is 0.343 e. The number of halogens is 1. The van der Waals surface area contributed by atoms with Gasteiger partial charge >= 0.3 is 5.97 Å². The molecule has 0 N–H and O–H groups in total. The maximum atomic E-state index is 12.7. The molecule has 0 radical (unpaired) electrons. The topological polar surface area (TPSA) is 61.8 Å². The second-order valence-corrected chi connectivity index (χ2v) is 6.63. The van der Waals surface area contributed by atoms with Crippen molar-refractivity contribution in [3.63, 3.8) is 0 Å². The van der Waals surface area contributed by atoms with Crippen molar-refractivity contribution in [2.24, 2.45) is 0 Å². The van der Waals surface area contributed by atoms with Crippen molar-refractivity contribution in [1.29, 1.82) is 0 Å². The SMILES string of the molecule is COc1ccc(OC)c(C(=O)/C=C/c2ccccc2OC(=O)c2ccc(Cl)cc2)c1. The summed E-state index contributed by atoms with van der Waals surface area (Å²) in [6.45, 7) is 0. The number of hydrogen-bond donors (Lipinski definition) is 0. The number of ketones is 1. The first kappa shape index (κ1) is 21.1. The molecule has 0 heterocycles. The highest BCUT2D eigenvalue weighted by Crippen LogP contribution is 2.26. The van der Waals surface area contributed by atoms with Crippen LogP contribution in [0.15, 0.2) is 72.8 Å². The number of benzene rings is 3. The summed E-state index contributed by atoms with van der Waals surface area (Å²) in [5.41, 5.74) is 1.31. The molecule has 0 aliphatic rings. The zero-order valence-electron chi connectivity index (χ0n) is 16.4. The fourth-order valence-electron chi connectivity index (χ4n) is 2.72. The third-order valence-electron chi connectivity index (χ3n) is 4.29. The summed E-state index contributed by atoms with van der Waals surface area (Å²) in [5.74, 6) is 0.523. The molecule has 0 spiro atoms. The minimum atomic E-state index is -0.520. The van der Waals surface area contributed by atoms with Gasteiger partial charge in [-0.25, -0.2) is 4.79 Å². The van der Waals surface area contributed by atoms with Crippen LogP contribution in [0.25, 0.3) is 6.08 Å². The van der Waals surface area contributed by atoms with E-state index in [1.165, 1.54) is 20.3 Å². The van der Waals surface area contributed by atoms with E-state index in [1.807, 2.05) is 0 Å². The highest BCUT2D eigenvalue weighted by atomic mass is 35.5. The first-order valence-corrected chi connectivity index (χ1v) is 9.41. The van der Waals surface area contributed by atoms with E-state index >= 15 is 0 Å². The first-order valence-electron chi connectivity index (χ1n) is 9.03. The molecule has 0 amide bonds. The summed E-state index contributed by atoms with van der Waals surface area (Å²) in [7, 11) is 3.02. The summed E-state index contributed by atoms with van der Waals surface area (Å²) in [6, 6.07) is 18.3. The Labute approximate surface area is 179 Å². The average molecular weight is 423 g/mol. The van der Waals surface area contributed by atoms with Crippen LogP contribution in [0.1, 0.15) is 26.3 Å². The zero-order chi connectivity index (χ0) is 21.5. The van der Waals surface area contributed by atoms with E-state index in [-0.39, 0.29) is 5.78 Å². The van der Waals surface area contributed by atoms with Gasteiger partial charge < -0.3 is 14.2 Å². The van der Waals surface area contributed by atoms with E-state index in [9.17, 15) is 9.59 Å². The molecule has 0 aliphatic carbocycles. The van der Waals surface area contributed by atoms with Crippen molar-refractivity contribution in [2.75, 3.05) is 14.2 Å². The van der Waals surface area contributed by atoms with Gasteiger partial charge in [0.05, 0.1) is 25.3 Å². The van der Waals surface area contributed by atoms with Crippen LogP contribution in [0, 0.1) is 0 Å². The average Bonchev–Trinajstić information content (AvgIpc) is 2.78. The lowest BCUT2D eigenvalue weighted by molar-refractivity contribution is 0.0734. The van der Waals surface area contributed by atoms with Gasteiger partial charge in [0.25, 0.3) is 0 Å². The number of allylic oxidation sites excluding steroid dienone is 1. The molecule has 5 nitrogen and oxygen atoms in total. The molecule has 0 fully saturated rings. The zero-order valence-corrected chi connectivity index (χ0v) is 17.2. The number of esters is 1. The molecule has 3 aromatic rings. The lowest BCUT2D eigenvalue weighted by Gasteiger charge is -2.09. The van der Waals surface area contributed by atoms with Gasteiger partial charge in [-0.1, -0.05) is 29.8 Å². The maximum Gasteiger partial charge on any atom is 0.343 e. The fourth-order valence-corrected chi connectivity index (χ4v) is 2.84. The molecule has 0 saturated carbocycles. The molecular formula is C24H19ClO5. The fraction of sp³-hybridized carbons (Fsp3) is 0.0833. The summed E-state index contributed by atoms with van der Waals surface area (Å²) in [6.07, 6.45) is 2.98. The van der Waals surface area contributed by atoms with Gasteiger partial charge in [-0.15, -0.1) is 0 Å². The molecule has 0 aromatic heterocycles. The van der Waals surface area contributed by atoms with Crippen LogP contribution in [0.3, 0.4) is 0 Å². The molecule has 0 unspecified atom stereocenters. The predicted octanol–water partition coefficient (Wildman–Crippen LogP) is 5.47. The van der Waals surface area contributed by atoms with Crippen LogP contribution in [-0.4, -0.2) is 26.0 Å². The Balaban J connectivity index is 1.82. The lowest BCUT2D eigenvalue weighted by atomic mass is 10.1. The monoisotopic (exact) mass is 422 g/mol. The third kappa shape index (κ3) is 5.07. The molecule has 152 valence electrons. The third-order valence-corrected chi connectivity index (χ3v) is 4.54. The molecule has 0 atom stereocenters. The van der Waals surface area contributed by atoms with Gasteiger partial charge in [0, 0.05) is 10.6 Å². The number of methoxy groups -OCH3 is 2. The Kier molecular flexibility index (Phi) is 6.88. The van der Waals surface area contributed by atoms with Gasteiger partial charge in [0.2, 0.25) is 0 Å². The Morgan fingerprint density at radius 1 is 0.867 bits per heavy atom.